The Morgan fingerprint density at radius 1 is 1.14 bits per heavy atom. The van der Waals surface area contributed by atoms with E-state index in [1.165, 1.54) is 29.9 Å². The zero-order chi connectivity index (χ0) is 29.4. The van der Waals surface area contributed by atoms with E-state index in [-0.39, 0.29) is 35.7 Å². The number of rotatable bonds is 8. The number of hydroxylamine groups is 4. The summed E-state index contributed by atoms with van der Waals surface area (Å²) in [5, 5.41) is 60.3. The zero-order valence-electron chi connectivity index (χ0n) is 25.1. The first-order valence-electron chi connectivity index (χ1n) is 16.3. The SMILES string of the molecule is CN(C[C@H]1C[C@@H]([N+]2([O-])CCC3C(N)NCNC32)[C@H](O)[C@@H]1O)C1CC(CCC2Nc3ccc(C4(C)CCC4)cc3N2[O-])C1. The van der Waals surface area contributed by atoms with Gasteiger partial charge in [0.2, 0.25) is 0 Å². The molecule has 0 spiro atoms. The molecule has 234 valence electrons. The highest BCUT2D eigenvalue weighted by molar-refractivity contribution is 5.77. The molecule has 11 nitrogen and oxygen atoms in total. The Morgan fingerprint density at radius 2 is 1.93 bits per heavy atom. The quantitative estimate of drug-likeness (QED) is 0.197. The van der Waals surface area contributed by atoms with Crippen molar-refractivity contribution >= 4 is 11.4 Å². The zero-order valence-corrected chi connectivity index (χ0v) is 25.1. The van der Waals surface area contributed by atoms with Crippen molar-refractivity contribution in [2.45, 2.75) is 113 Å². The largest absolute Gasteiger partial charge is 0.757 e. The van der Waals surface area contributed by atoms with Crippen LogP contribution in [-0.4, -0.2) is 89.4 Å². The number of hydrogen-bond acceptors (Lipinski definition) is 10. The summed E-state index contributed by atoms with van der Waals surface area (Å²) < 4.78 is -0.500. The van der Waals surface area contributed by atoms with E-state index in [1.54, 1.807) is 0 Å². The third-order valence-corrected chi connectivity index (χ3v) is 12.3. The summed E-state index contributed by atoms with van der Waals surface area (Å²) in [7, 11) is 2.10. The number of quaternary nitrogens is 1. The molecule has 7 rings (SSSR count). The van der Waals surface area contributed by atoms with Crippen molar-refractivity contribution in [1.82, 2.24) is 15.5 Å². The molecule has 2 saturated heterocycles. The molecule has 0 amide bonds. The fourth-order valence-corrected chi connectivity index (χ4v) is 9.18. The molecule has 5 unspecified atom stereocenters. The second-order valence-corrected chi connectivity index (χ2v) is 14.8. The van der Waals surface area contributed by atoms with Gasteiger partial charge in [-0.15, -0.1) is 0 Å². The maximum atomic E-state index is 14.1. The molecule has 0 aromatic heterocycles. The summed E-state index contributed by atoms with van der Waals surface area (Å²) in [6.07, 6.45) is 6.22. The molecule has 0 bridgehead atoms. The first-order chi connectivity index (χ1) is 20.1. The van der Waals surface area contributed by atoms with Gasteiger partial charge >= 0.3 is 0 Å². The first kappa shape index (κ1) is 29.2. The molecule has 3 aliphatic heterocycles. The summed E-state index contributed by atoms with van der Waals surface area (Å²) in [4.78, 5) is 2.31. The molecule has 0 radical (unpaired) electrons. The van der Waals surface area contributed by atoms with E-state index in [1.807, 2.05) is 0 Å². The van der Waals surface area contributed by atoms with Crippen LogP contribution in [0.5, 0.6) is 0 Å². The molecule has 3 aliphatic carbocycles. The molecular formula is C31H50N7O4-. The fraction of sp³-hybridized carbons (Fsp3) is 0.806. The smallest absolute Gasteiger partial charge is 0.149 e. The van der Waals surface area contributed by atoms with Crippen LogP contribution in [0.2, 0.25) is 0 Å². The molecule has 5 fully saturated rings. The van der Waals surface area contributed by atoms with Crippen molar-refractivity contribution in [3.63, 3.8) is 0 Å². The standard InChI is InChI=1S/C31H50N7O4/c1-31(9-3-10-31)20-5-6-23-24(15-20)37(41)26(35-23)7-4-18-12-21(13-18)36(2)16-19-14-25(28(40)27(19)39)38(42)11-8-22-29(32)33-17-34-30(22)38/h5-6,15,18-19,21-22,25-30,33-35,39-40H,3-4,7-14,16-17,32H2,1-2H3/q-1/t18?,19-,21?,22?,25-,26?,27-,28+,29?,30?,38?/m1/s1. The van der Waals surface area contributed by atoms with Gasteiger partial charge in [-0.2, -0.15) is 0 Å². The van der Waals surface area contributed by atoms with Gasteiger partial charge in [0.15, 0.2) is 0 Å². The van der Waals surface area contributed by atoms with Gasteiger partial charge in [0.05, 0.1) is 48.9 Å². The highest BCUT2D eigenvalue weighted by atomic mass is 16.6. The second-order valence-electron chi connectivity index (χ2n) is 14.8. The van der Waals surface area contributed by atoms with Gasteiger partial charge in [0.25, 0.3) is 0 Å². The number of benzene rings is 1. The van der Waals surface area contributed by atoms with E-state index in [0.717, 1.165) is 43.5 Å². The van der Waals surface area contributed by atoms with Crippen LogP contribution in [0.15, 0.2) is 18.2 Å². The average Bonchev–Trinajstić information content (AvgIpc) is 3.54. The highest BCUT2D eigenvalue weighted by Crippen LogP contribution is 2.47. The van der Waals surface area contributed by atoms with Crippen molar-refractivity contribution in [3.8, 4) is 0 Å². The maximum Gasteiger partial charge on any atom is 0.149 e. The van der Waals surface area contributed by atoms with Gasteiger partial charge in [0.1, 0.15) is 18.3 Å². The summed E-state index contributed by atoms with van der Waals surface area (Å²) in [6, 6.07) is 6.28. The Balaban J connectivity index is 0.882. The van der Waals surface area contributed by atoms with Crippen molar-refractivity contribution < 1.29 is 14.9 Å². The molecule has 9 atom stereocenters. The van der Waals surface area contributed by atoms with Crippen molar-refractivity contribution in [2.24, 2.45) is 23.5 Å². The van der Waals surface area contributed by atoms with Crippen LogP contribution in [0.4, 0.5) is 11.4 Å². The number of anilines is 2. The van der Waals surface area contributed by atoms with Crippen molar-refractivity contribution in [3.05, 3.63) is 34.2 Å². The van der Waals surface area contributed by atoms with Gasteiger partial charge < -0.3 is 46.3 Å². The maximum absolute atomic E-state index is 14.1. The molecule has 11 heteroatoms. The molecule has 1 aromatic carbocycles. The summed E-state index contributed by atoms with van der Waals surface area (Å²) in [6.45, 7) is 3.88. The van der Waals surface area contributed by atoms with Crippen LogP contribution in [0.3, 0.4) is 0 Å². The van der Waals surface area contributed by atoms with E-state index >= 15 is 0 Å². The Morgan fingerprint density at radius 3 is 2.67 bits per heavy atom. The number of nitrogens with zero attached hydrogens (tertiary/aromatic N) is 3. The Labute approximate surface area is 249 Å². The van der Waals surface area contributed by atoms with Crippen LogP contribution >= 0.6 is 0 Å². The topological polar surface area (TPSA) is 155 Å². The summed E-state index contributed by atoms with van der Waals surface area (Å²) >= 11 is 0. The van der Waals surface area contributed by atoms with Gasteiger partial charge in [-0.05, 0) is 74.6 Å². The van der Waals surface area contributed by atoms with E-state index in [4.69, 9.17) is 5.73 Å². The lowest BCUT2D eigenvalue weighted by Crippen LogP contribution is -2.69. The van der Waals surface area contributed by atoms with Crippen LogP contribution in [0.1, 0.15) is 70.3 Å². The normalized spacial score (nSPS) is 44.0. The minimum Gasteiger partial charge on any atom is -0.757 e. The number of fused-ring (bicyclic) bond motifs is 2. The second kappa shape index (κ2) is 10.8. The number of likely N-dealkylation sites (tertiary alicyclic amines) is 1. The third kappa shape index (κ3) is 4.76. The average molecular weight is 585 g/mol. The van der Waals surface area contributed by atoms with Crippen LogP contribution in [0, 0.1) is 28.2 Å². The summed E-state index contributed by atoms with van der Waals surface area (Å²) in [5.41, 5.74) is 9.49. The molecular weight excluding hydrogens is 534 g/mol. The minimum absolute atomic E-state index is 0.0322. The molecule has 3 heterocycles. The fourth-order valence-electron chi connectivity index (χ4n) is 9.18. The molecule has 7 N–H and O–H groups in total. The van der Waals surface area contributed by atoms with Crippen LogP contribution < -0.4 is 26.7 Å². The lowest BCUT2D eigenvalue weighted by atomic mass is 9.66. The Bertz CT molecular complexity index is 1150. The van der Waals surface area contributed by atoms with E-state index in [9.17, 15) is 20.6 Å². The number of aliphatic hydroxyl groups is 2. The Hall–Kier alpha value is -1.54. The van der Waals surface area contributed by atoms with Gasteiger partial charge in [0, 0.05) is 31.3 Å². The lowest BCUT2D eigenvalue weighted by molar-refractivity contribution is -0.925. The predicted octanol–water partition coefficient (Wildman–Crippen LogP) is 1.88. The molecule has 3 saturated carbocycles. The van der Waals surface area contributed by atoms with E-state index < -0.39 is 22.9 Å². The molecule has 6 aliphatic rings. The van der Waals surface area contributed by atoms with E-state index in [0.29, 0.717) is 38.1 Å². The predicted molar refractivity (Wildman–Crippen MR) is 163 cm³/mol. The number of nitrogens with one attached hydrogen (secondary N) is 3. The molecule has 1 aromatic rings. The van der Waals surface area contributed by atoms with Crippen LogP contribution in [0.25, 0.3) is 0 Å². The lowest BCUT2D eigenvalue weighted by Gasteiger charge is -2.52. The Kier molecular flexibility index (Phi) is 7.52. The van der Waals surface area contributed by atoms with Crippen molar-refractivity contribution in [2.75, 3.05) is 37.2 Å². The summed E-state index contributed by atoms with van der Waals surface area (Å²) in [5.74, 6) is 0.486. The van der Waals surface area contributed by atoms with Crippen molar-refractivity contribution in [1.29, 1.82) is 0 Å². The van der Waals surface area contributed by atoms with Gasteiger partial charge in [-0.3, -0.25) is 10.6 Å². The third-order valence-electron chi connectivity index (χ3n) is 12.3. The van der Waals surface area contributed by atoms with Crippen LogP contribution in [-0.2, 0) is 5.41 Å². The number of nitrogens with two attached hydrogens (primary N) is 1. The number of hydrogen-bond donors (Lipinski definition) is 6. The highest BCUT2D eigenvalue weighted by Gasteiger charge is 2.57. The van der Waals surface area contributed by atoms with Gasteiger partial charge in [-0.1, -0.05) is 19.4 Å². The monoisotopic (exact) mass is 584 g/mol. The minimum atomic E-state index is -1.02. The van der Waals surface area contributed by atoms with Gasteiger partial charge in [-0.25, -0.2) is 0 Å². The van der Waals surface area contributed by atoms with E-state index in [2.05, 4.69) is 53.0 Å². The first-order valence-corrected chi connectivity index (χ1v) is 16.3. The molecule has 42 heavy (non-hydrogen) atoms. The number of aliphatic hydroxyl groups excluding tert-OH is 2.